The number of aliphatic hydroxyl groups is 1. The van der Waals surface area contributed by atoms with Crippen LogP contribution in [0.25, 0.3) is 0 Å². The van der Waals surface area contributed by atoms with E-state index in [1.807, 2.05) is 48.5 Å². The van der Waals surface area contributed by atoms with Crippen molar-refractivity contribution in [3.8, 4) is 0 Å². The lowest BCUT2D eigenvalue weighted by atomic mass is 10.1. The summed E-state index contributed by atoms with van der Waals surface area (Å²) < 4.78 is 0. The quantitative estimate of drug-likeness (QED) is 0.879. The molecule has 1 atom stereocenters. The molecule has 0 aliphatic rings. The summed E-state index contributed by atoms with van der Waals surface area (Å²) in [5.41, 5.74) is 2.09. The summed E-state index contributed by atoms with van der Waals surface area (Å²) in [6.07, 6.45) is 0. The maximum absolute atomic E-state index is 9.46. The molecule has 0 spiro atoms. The third-order valence-corrected chi connectivity index (χ3v) is 3.38. The molecular formula is C15H15Cl2NO. The number of hydrogen-bond acceptors (Lipinski definition) is 2. The van der Waals surface area contributed by atoms with Crippen LogP contribution in [0.2, 0.25) is 10.0 Å². The van der Waals surface area contributed by atoms with E-state index in [0.717, 1.165) is 11.1 Å². The highest BCUT2D eigenvalue weighted by molar-refractivity contribution is 6.30. The van der Waals surface area contributed by atoms with Crippen LogP contribution < -0.4 is 5.32 Å². The number of rotatable bonds is 5. The molecule has 2 nitrogen and oxygen atoms in total. The summed E-state index contributed by atoms with van der Waals surface area (Å²) in [5.74, 6) is 0. The molecule has 0 radical (unpaired) electrons. The van der Waals surface area contributed by atoms with Crippen molar-refractivity contribution >= 4 is 23.2 Å². The van der Waals surface area contributed by atoms with Crippen LogP contribution in [0.1, 0.15) is 17.2 Å². The molecule has 19 heavy (non-hydrogen) atoms. The number of nitrogens with one attached hydrogen (secondary N) is 1. The van der Waals surface area contributed by atoms with Crippen LogP contribution in [0, 0.1) is 0 Å². The predicted octanol–water partition coefficient (Wildman–Crippen LogP) is 3.82. The van der Waals surface area contributed by atoms with Crippen molar-refractivity contribution in [3.05, 3.63) is 69.7 Å². The van der Waals surface area contributed by atoms with Crippen LogP contribution in [0.4, 0.5) is 0 Å². The molecular weight excluding hydrogens is 281 g/mol. The van der Waals surface area contributed by atoms with E-state index in [1.54, 1.807) is 0 Å². The molecule has 0 aromatic heterocycles. The van der Waals surface area contributed by atoms with E-state index in [1.165, 1.54) is 0 Å². The fourth-order valence-electron chi connectivity index (χ4n) is 1.87. The van der Waals surface area contributed by atoms with Crippen molar-refractivity contribution in [1.82, 2.24) is 5.32 Å². The predicted molar refractivity (Wildman–Crippen MR) is 79.6 cm³/mol. The Morgan fingerprint density at radius 1 is 1.00 bits per heavy atom. The lowest BCUT2D eigenvalue weighted by Crippen LogP contribution is -2.23. The second-order valence-electron chi connectivity index (χ2n) is 4.30. The molecule has 0 aliphatic heterocycles. The van der Waals surface area contributed by atoms with Crippen LogP contribution >= 0.6 is 23.2 Å². The van der Waals surface area contributed by atoms with Gasteiger partial charge in [0.25, 0.3) is 0 Å². The van der Waals surface area contributed by atoms with Crippen LogP contribution in [0.5, 0.6) is 0 Å². The minimum atomic E-state index is -0.115. The molecule has 0 fully saturated rings. The monoisotopic (exact) mass is 295 g/mol. The Bertz CT molecular complexity index is 528. The molecule has 2 N–H and O–H groups in total. The molecule has 0 aliphatic carbocycles. The van der Waals surface area contributed by atoms with E-state index < -0.39 is 0 Å². The fraction of sp³-hybridized carbons (Fsp3) is 0.200. The summed E-state index contributed by atoms with van der Waals surface area (Å²) in [6, 6.07) is 15.0. The van der Waals surface area contributed by atoms with Crippen molar-refractivity contribution in [2.75, 3.05) is 6.61 Å². The minimum absolute atomic E-state index is 0.0300. The largest absolute Gasteiger partial charge is 0.394 e. The van der Waals surface area contributed by atoms with Crippen LogP contribution in [-0.4, -0.2) is 11.7 Å². The average molecular weight is 296 g/mol. The van der Waals surface area contributed by atoms with Gasteiger partial charge in [-0.2, -0.15) is 0 Å². The van der Waals surface area contributed by atoms with Gasteiger partial charge < -0.3 is 10.4 Å². The van der Waals surface area contributed by atoms with Gasteiger partial charge in [-0.1, -0.05) is 47.5 Å². The van der Waals surface area contributed by atoms with Crippen LogP contribution in [-0.2, 0) is 6.54 Å². The Kier molecular flexibility index (Phi) is 5.23. The van der Waals surface area contributed by atoms with Gasteiger partial charge in [-0.3, -0.25) is 0 Å². The van der Waals surface area contributed by atoms with Gasteiger partial charge in [-0.05, 0) is 35.4 Å². The van der Waals surface area contributed by atoms with Gasteiger partial charge in [0.1, 0.15) is 0 Å². The highest BCUT2D eigenvalue weighted by Crippen LogP contribution is 2.17. The van der Waals surface area contributed by atoms with Crippen molar-refractivity contribution in [3.63, 3.8) is 0 Å². The molecule has 0 saturated carbocycles. The lowest BCUT2D eigenvalue weighted by molar-refractivity contribution is 0.243. The molecule has 2 aromatic carbocycles. The molecule has 0 bridgehead atoms. The lowest BCUT2D eigenvalue weighted by Gasteiger charge is -2.17. The van der Waals surface area contributed by atoms with E-state index in [9.17, 15) is 5.11 Å². The number of halogens is 2. The first-order valence-electron chi connectivity index (χ1n) is 6.03. The minimum Gasteiger partial charge on any atom is -0.394 e. The molecule has 2 aromatic rings. The first-order chi connectivity index (χ1) is 9.19. The highest BCUT2D eigenvalue weighted by atomic mass is 35.5. The maximum atomic E-state index is 9.46. The van der Waals surface area contributed by atoms with E-state index >= 15 is 0 Å². The van der Waals surface area contributed by atoms with E-state index in [0.29, 0.717) is 16.6 Å². The normalized spacial score (nSPS) is 12.4. The van der Waals surface area contributed by atoms with E-state index in [4.69, 9.17) is 23.2 Å². The Morgan fingerprint density at radius 3 is 2.37 bits per heavy atom. The van der Waals surface area contributed by atoms with Gasteiger partial charge in [0, 0.05) is 16.6 Å². The number of aliphatic hydroxyl groups excluding tert-OH is 1. The van der Waals surface area contributed by atoms with Gasteiger partial charge in [-0.15, -0.1) is 0 Å². The molecule has 2 rings (SSSR count). The average Bonchev–Trinajstić information content (AvgIpc) is 2.41. The second-order valence-corrected chi connectivity index (χ2v) is 5.17. The second kappa shape index (κ2) is 6.92. The van der Waals surface area contributed by atoms with Crippen molar-refractivity contribution in [2.24, 2.45) is 0 Å². The third-order valence-electron chi connectivity index (χ3n) is 2.90. The Labute approximate surface area is 123 Å². The first-order valence-corrected chi connectivity index (χ1v) is 6.79. The fourth-order valence-corrected chi connectivity index (χ4v) is 2.21. The standard InChI is InChI=1S/C15H15Cl2NO/c16-13-6-4-12(5-7-13)15(10-19)18-9-11-2-1-3-14(17)8-11/h1-8,15,18-19H,9-10H2. The zero-order valence-corrected chi connectivity index (χ0v) is 11.8. The summed E-state index contributed by atoms with van der Waals surface area (Å²) in [7, 11) is 0. The molecule has 0 amide bonds. The zero-order valence-electron chi connectivity index (χ0n) is 10.3. The van der Waals surface area contributed by atoms with Gasteiger partial charge in [0.15, 0.2) is 0 Å². The molecule has 1 unspecified atom stereocenters. The van der Waals surface area contributed by atoms with Crippen LogP contribution in [0.3, 0.4) is 0 Å². The first kappa shape index (κ1) is 14.4. The van der Waals surface area contributed by atoms with Gasteiger partial charge in [0.05, 0.1) is 12.6 Å². The summed E-state index contributed by atoms with van der Waals surface area (Å²) >= 11 is 11.8. The Hall–Kier alpha value is -1.06. The van der Waals surface area contributed by atoms with Crippen molar-refractivity contribution in [1.29, 1.82) is 0 Å². The molecule has 4 heteroatoms. The van der Waals surface area contributed by atoms with Gasteiger partial charge in [-0.25, -0.2) is 0 Å². The van der Waals surface area contributed by atoms with Crippen molar-refractivity contribution in [2.45, 2.75) is 12.6 Å². The van der Waals surface area contributed by atoms with E-state index in [-0.39, 0.29) is 12.6 Å². The Balaban J connectivity index is 2.01. The Morgan fingerprint density at radius 2 is 1.74 bits per heavy atom. The molecule has 100 valence electrons. The molecule has 0 saturated heterocycles. The van der Waals surface area contributed by atoms with Gasteiger partial charge >= 0.3 is 0 Å². The maximum Gasteiger partial charge on any atom is 0.0626 e. The summed E-state index contributed by atoms with van der Waals surface area (Å²) in [5, 5.41) is 14.2. The zero-order chi connectivity index (χ0) is 13.7. The van der Waals surface area contributed by atoms with E-state index in [2.05, 4.69) is 5.32 Å². The summed E-state index contributed by atoms with van der Waals surface area (Å²) in [6.45, 7) is 0.677. The SMILES string of the molecule is OCC(NCc1cccc(Cl)c1)c1ccc(Cl)cc1. The number of benzene rings is 2. The van der Waals surface area contributed by atoms with Crippen LogP contribution in [0.15, 0.2) is 48.5 Å². The smallest absolute Gasteiger partial charge is 0.0626 e. The van der Waals surface area contributed by atoms with Gasteiger partial charge in [0.2, 0.25) is 0 Å². The highest BCUT2D eigenvalue weighted by Gasteiger charge is 2.09. The number of hydrogen-bond donors (Lipinski definition) is 2. The third kappa shape index (κ3) is 4.22. The molecule has 0 heterocycles. The summed E-state index contributed by atoms with van der Waals surface area (Å²) in [4.78, 5) is 0. The topological polar surface area (TPSA) is 32.3 Å². The van der Waals surface area contributed by atoms with Crippen molar-refractivity contribution < 1.29 is 5.11 Å².